The lowest BCUT2D eigenvalue weighted by Gasteiger charge is -2.36. The van der Waals surface area contributed by atoms with E-state index in [1.54, 1.807) is 12.1 Å². The van der Waals surface area contributed by atoms with Crippen LogP contribution in [0.2, 0.25) is 0 Å². The van der Waals surface area contributed by atoms with E-state index in [4.69, 9.17) is 0 Å². The van der Waals surface area contributed by atoms with Gasteiger partial charge in [0, 0.05) is 23.0 Å². The number of benzene rings is 1. The zero-order valence-corrected chi connectivity index (χ0v) is 13.7. The van der Waals surface area contributed by atoms with E-state index in [0.717, 1.165) is 6.42 Å². The van der Waals surface area contributed by atoms with Crippen molar-refractivity contribution in [3.8, 4) is 5.75 Å². The second-order valence-electron chi connectivity index (χ2n) is 5.52. The Morgan fingerprint density at radius 3 is 2.61 bits per heavy atom. The SMILES string of the molecule is O=C(CC1(C(=O)O)CCC1)NCc1cc(Br)ccc1OC(F)F. The second-order valence-corrected chi connectivity index (χ2v) is 6.44. The number of nitrogens with one attached hydrogen (secondary N) is 1. The Balaban J connectivity index is 1.98. The Labute approximate surface area is 140 Å². The van der Waals surface area contributed by atoms with Gasteiger partial charge in [-0.05, 0) is 31.0 Å². The highest BCUT2D eigenvalue weighted by atomic mass is 79.9. The van der Waals surface area contributed by atoms with Crippen LogP contribution in [0.25, 0.3) is 0 Å². The predicted molar refractivity (Wildman–Crippen MR) is 81.2 cm³/mol. The third-order valence-corrected chi connectivity index (χ3v) is 4.47. The highest BCUT2D eigenvalue weighted by Gasteiger charge is 2.45. The van der Waals surface area contributed by atoms with Crippen molar-refractivity contribution < 1.29 is 28.2 Å². The van der Waals surface area contributed by atoms with Crippen molar-refractivity contribution in [2.75, 3.05) is 0 Å². The van der Waals surface area contributed by atoms with Gasteiger partial charge in [0.1, 0.15) is 5.75 Å². The molecule has 0 heterocycles. The van der Waals surface area contributed by atoms with Gasteiger partial charge in [0.2, 0.25) is 5.91 Å². The van der Waals surface area contributed by atoms with Crippen LogP contribution in [0.5, 0.6) is 5.75 Å². The third kappa shape index (κ3) is 4.40. The lowest BCUT2D eigenvalue weighted by Crippen LogP contribution is -2.42. The van der Waals surface area contributed by atoms with Crippen molar-refractivity contribution in [2.45, 2.75) is 38.8 Å². The molecule has 2 rings (SSSR count). The monoisotopic (exact) mass is 391 g/mol. The van der Waals surface area contributed by atoms with Crippen LogP contribution in [0.3, 0.4) is 0 Å². The molecule has 1 saturated carbocycles. The molecule has 0 aromatic heterocycles. The van der Waals surface area contributed by atoms with Crippen LogP contribution in [0.1, 0.15) is 31.2 Å². The van der Waals surface area contributed by atoms with Crippen LogP contribution in [-0.4, -0.2) is 23.6 Å². The molecule has 1 fully saturated rings. The molecule has 0 atom stereocenters. The van der Waals surface area contributed by atoms with Gasteiger partial charge in [0.15, 0.2) is 0 Å². The van der Waals surface area contributed by atoms with Gasteiger partial charge in [-0.3, -0.25) is 9.59 Å². The van der Waals surface area contributed by atoms with Gasteiger partial charge in [0.25, 0.3) is 0 Å². The van der Waals surface area contributed by atoms with E-state index in [9.17, 15) is 23.5 Å². The summed E-state index contributed by atoms with van der Waals surface area (Å²) in [6.07, 6.45) is 1.64. The van der Waals surface area contributed by atoms with E-state index in [-0.39, 0.29) is 18.7 Å². The van der Waals surface area contributed by atoms with Crippen LogP contribution in [0.15, 0.2) is 22.7 Å². The maximum absolute atomic E-state index is 12.4. The number of ether oxygens (including phenoxy) is 1. The average Bonchev–Trinajstić information content (AvgIpc) is 2.42. The molecule has 0 spiro atoms. The van der Waals surface area contributed by atoms with Crippen LogP contribution in [-0.2, 0) is 16.1 Å². The first-order valence-electron chi connectivity index (χ1n) is 7.06. The molecule has 23 heavy (non-hydrogen) atoms. The number of amides is 1. The number of carbonyl (C=O) groups excluding carboxylic acids is 1. The lowest BCUT2D eigenvalue weighted by molar-refractivity contribution is -0.157. The summed E-state index contributed by atoms with van der Waals surface area (Å²) in [5.41, 5.74) is -0.602. The summed E-state index contributed by atoms with van der Waals surface area (Å²) < 4.78 is 29.8. The number of hydrogen-bond donors (Lipinski definition) is 2. The van der Waals surface area contributed by atoms with Crippen molar-refractivity contribution in [3.05, 3.63) is 28.2 Å². The number of carbonyl (C=O) groups is 2. The Morgan fingerprint density at radius 2 is 2.09 bits per heavy atom. The predicted octanol–water partition coefficient (Wildman–Crippen LogP) is 3.31. The number of carboxylic acids is 1. The van der Waals surface area contributed by atoms with Crippen molar-refractivity contribution in [1.29, 1.82) is 0 Å². The molecule has 1 aromatic carbocycles. The van der Waals surface area contributed by atoms with E-state index in [1.165, 1.54) is 6.07 Å². The first-order chi connectivity index (χ1) is 10.8. The van der Waals surface area contributed by atoms with Crippen molar-refractivity contribution in [2.24, 2.45) is 5.41 Å². The second kappa shape index (κ2) is 7.25. The first-order valence-corrected chi connectivity index (χ1v) is 7.85. The summed E-state index contributed by atoms with van der Waals surface area (Å²) in [6.45, 7) is -2.98. The van der Waals surface area contributed by atoms with Crippen LogP contribution < -0.4 is 10.1 Å². The summed E-state index contributed by atoms with van der Waals surface area (Å²) in [7, 11) is 0. The van der Waals surface area contributed by atoms with Gasteiger partial charge in [-0.15, -0.1) is 0 Å². The third-order valence-electron chi connectivity index (χ3n) is 3.98. The molecule has 0 saturated heterocycles. The zero-order chi connectivity index (χ0) is 17.0. The van der Waals surface area contributed by atoms with E-state index in [1.807, 2.05) is 0 Å². The summed E-state index contributed by atoms with van der Waals surface area (Å²) in [4.78, 5) is 23.2. The minimum Gasteiger partial charge on any atom is -0.481 e. The summed E-state index contributed by atoms with van der Waals surface area (Å²) >= 11 is 3.22. The fraction of sp³-hybridized carbons (Fsp3) is 0.467. The van der Waals surface area contributed by atoms with E-state index in [0.29, 0.717) is 22.9 Å². The number of hydrogen-bond acceptors (Lipinski definition) is 3. The van der Waals surface area contributed by atoms with Gasteiger partial charge in [-0.1, -0.05) is 22.4 Å². The Morgan fingerprint density at radius 1 is 1.39 bits per heavy atom. The number of halogens is 3. The molecule has 1 aliphatic carbocycles. The molecule has 5 nitrogen and oxygen atoms in total. The largest absolute Gasteiger partial charge is 0.481 e. The molecule has 0 unspecified atom stereocenters. The zero-order valence-electron chi connectivity index (χ0n) is 12.2. The van der Waals surface area contributed by atoms with Crippen LogP contribution in [0, 0.1) is 5.41 Å². The maximum Gasteiger partial charge on any atom is 0.387 e. The quantitative estimate of drug-likeness (QED) is 0.747. The minimum absolute atomic E-state index is 0.0178. The molecule has 8 heteroatoms. The Hall–Kier alpha value is -1.70. The van der Waals surface area contributed by atoms with Crippen LogP contribution >= 0.6 is 15.9 Å². The Kier molecular flexibility index (Phi) is 5.56. The first kappa shape index (κ1) is 17.7. The lowest BCUT2D eigenvalue weighted by atomic mass is 9.66. The molecule has 1 aromatic rings. The number of carboxylic acid groups (broad SMARTS) is 1. The smallest absolute Gasteiger partial charge is 0.387 e. The summed E-state index contributed by atoms with van der Waals surface area (Å²) in [5.74, 6) is -1.42. The average molecular weight is 392 g/mol. The van der Waals surface area contributed by atoms with Gasteiger partial charge in [-0.25, -0.2) is 0 Å². The molecule has 0 bridgehead atoms. The fourth-order valence-corrected chi connectivity index (χ4v) is 2.94. The molecule has 1 aliphatic rings. The fourth-order valence-electron chi connectivity index (χ4n) is 2.53. The van der Waals surface area contributed by atoms with Gasteiger partial charge < -0.3 is 15.2 Å². The number of rotatable bonds is 7. The minimum atomic E-state index is -2.96. The summed E-state index contributed by atoms with van der Waals surface area (Å²) in [5, 5.41) is 11.8. The molecule has 0 radical (unpaired) electrons. The van der Waals surface area contributed by atoms with Crippen molar-refractivity contribution in [3.63, 3.8) is 0 Å². The molecule has 2 N–H and O–H groups in total. The van der Waals surface area contributed by atoms with Gasteiger partial charge in [-0.2, -0.15) is 8.78 Å². The Bertz CT molecular complexity index is 605. The molecule has 126 valence electrons. The van der Waals surface area contributed by atoms with Crippen molar-refractivity contribution >= 4 is 27.8 Å². The summed E-state index contributed by atoms with van der Waals surface area (Å²) in [6, 6.07) is 4.49. The molecule has 0 aliphatic heterocycles. The van der Waals surface area contributed by atoms with E-state index in [2.05, 4.69) is 26.0 Å². The van der Waals surface area contributed by atoms with Gasteiger partial charge >= 0.3 is 12.6 Å². The molecular weight excluding hydrogens is 376 g/mol. The molecular formula is C15H16BrF2NO4. The standard InChI is InChI=1S/C15H16BrF2NO4/c16-10-2-3-11(23-14(17)18)9(6-10)8-19-12(20)7-15(13(21)22)4-1-5-15/h2-3,6,14H,1,4-5,7-8H2,(H,19,20)(H,21,22). The highest BCUT2D eigenvalue weighted by molar-refractivity contribution is 9.10. The van der Waals surface area contributed by atoms with Crippen molar-refractivity contribution in [1.82, 2.24) is 5.32 Å². The van der Waals surface area contributed by atoms with Gasteiger partial charge in [0.05, 0.1) is 5.41 Å². The van der Waals surface area contributed by atoms with Crippen LogP contribution in [0.4, 0.5) is 8.78 Å². The molecule has 1 amide bonds. The number of aliphatic carboxylic acids is 1. The highest BCUT2D eigenvalue weighted by Crippen LogP contribution is 2.44. The van der Waals surface area contributed by atoms with E-state index < -0.39 is 23.9 Å². The number of alkyl halides is 2. The topological polar surface area (TPSA) is 75.6 Å². The maximum atomic E-state index is 12.4. The van der Waals surface area contributed by atoms with E-state index >= 15 is 0 Å². The normalized spacial score (nSPS) is 15.8.